The third kappa shape index (κ3) is 3.80. The number of nitrogens with two attached hydrogens (primary N) is 1. The summed E-state index contributed by atoms with van der Waals surface area (Å²) in [6.45, 7) is 0. The lowest BCUT2D eigenvalue weighted by molar-refractivity contribution is -0.128. The van der Waals surface area contributed by atoms with Crippen molar-refractivity contribution in [3.63, 3.8) is 0 Å². The average molecular weight is 398 g/mol. The minimum atomic E-state index is -1.14. The number of nitrogens with zero attached hydrogens (tertiary/aromatic N) is 3. The van der Waals surface area contributed by atoms with Gasteiger partial charge in [-0.3, -0.25) is 19.3 Å². The molecule has 2 unspecified atom stereocenters. The SMILES string of the molecule is N#Cc1ccnc(N2C(=O)CCC2C(=O)NC(C(N)=O)c2ccccc2Cl)c1. The molecule has 9 heteroatoms. The van der Waals surface area contributed by atoms with Gasteiger partial charge in [0.15, 0.2) is 0 Å². The Labute approximate surface area is 165 Å². The van der Waals surface area contributed by atoms with Crippen molar-refractivity contribution < 1.29 is 14.4 Å². The summed E-state index contributed by atoms with van der Waals surface area (Å²) in [6.07, 6.45) is 1.78. The van der Waals surface area contributed by atoms with E-state index in [2.05, 4.69) is 10.3 Å². The highest BCUT2D eigenvalue weighted by Gasteiger charge is 2.39. The minimum absolute atomic E-state index is 0.143. The Hall–Kier alpha value is -3.44. The fraction of sp³-hybridized carbons (Fsp3) is 0.211. The Morgan fingerprint density at radius 2 is 2.11 bits per heavy atom. The van der Waals surface area contributed by atoms with E-state index in [1.54, 1.807) is 24.3 Å². The molecule has 0 saturated carbocycles. The number of pyridine rings is 1. The Bertz CT molecular complexity index is 988. The van der Waals surface area contributed by atoms with Gasteiger partial charge >= 0.3 is 0 Å². The zero-order chi connectivity index (χ0) is 20.3. The van der Waals surface area contributed by atoms with Gasteiger partial charge in [-0.1, -0.05) is 29.8 Å². The molecule has 1 fully saturated rings. The van der Waals surface area contributed by atoms with Crippen LogP contribution in [-0.2, 0) is 14.4 Å². The van der Waals surface area contributed by atoms with Crippen molar-refractivity contribution in [1.29, 1.82) is 5.26 Å². The standard InChI is InChI=1S/C19H16ClN5O3/c20-13-4-2-1-3-12(13)17(18(22)27)24-19(28)14-5-6-16(26)25(14)15-9-11(10-21)7-8-23-15/h1-4,7-9,14,17H,5-6H2,(H2,22,27)(H,24,28). The summed E-state index contributed by atoms with van der Waals surface area (Å²) in [5.74, 6) is -1.42. The van der Waals surface area contributed by atoms with Crippen LogP contribution in [0.5, 0.6) is 0 Å². The molecule has 1 aliphatic rings. The van der Waals surface area contributed by atoms with Crippen molar-refractivity contribution in [2.24, 2.45) is 5.73 Å². The second-order valence-corrected chi connectivity index (χ2v) is 6.61. The van der Waals surface area contributed by atoms with E-state index in [-0.39, 0.29) is 29.6 Å². The number of aromatic nitrogens is 1. The summed E-state index contributed by atoms with van der Waals surface area (Å²) in [7, 11) is 0. The first-order chi connectivity index (χ1) is 13.4. The number of hydrogen-bond acceptors (Lipinski definition) is 5. The molecule has 0 bridgehead atoms. The minimum Gasteiger partial charge on any atom is -0.368 e. The topological polar surface area (TPSA) is 129 Å². The van der Waals surface area contributed by atoms with Crippen molar-refractivity contribution in [2.75, 3.05) is 4.90 Å². The molecule has 0 aliphatic carbocycles. The normalized spacial score (nSPS) is 17.1. The summed E-state index contributed by atoms with van der Waals surface area (Å²) >= 11 is 6.12. The number of hydrogen-bond donors (Lipinski definition) is 2. The highest BCUT2D eigenvalue weighted by molar-refractivity contribution is 6.31. The van der Waals surface area contributed by atoms with Gasteiger partial charge in [-0.2, -0.15) is 5.26 Å². The third-order valence-electron chi connectivity index (χ3n) is 4.42. The summed E-state index contributed by atoms with van der Waals surface area (Å²) < 4.78 is 0. The number of halogens is 1. The van der Waals surface area contributed by atoms with Gasteiger partial charge in [0.2, 0.25) is 17.7 Å². The molecule has 1 aromatic carbocycles. The van der Waals surface area contributed by atoms with E-state index in [0.717, 1.165) is 0 Å². The van der Waals surface area contributed by atoms with E-state index in [1.807, 2.05) is 6.07 Å². The van der Waals surface area contributed by atoms with Crippen LogP contribution in [0, 0.1) is 11.3 Å². The number of amides is 3. The molecule has 3 rings (SSSR count). The number of benzene rings is 1. The lowest BCUT2D eigenvalue weighted by Gasteiger charge is -2.25. The van der Waals surface area contributed by atoms with E-state index >= 15 is 0 Å². The first kappa shape index (κ1) is 19.3. The van der Waals surface area contributed by atoms with Crippen LogP contribution in [0.3, 0.4) is 0 Å². The zero-order valence-corrected chi connectivity index (χ0v) is 15.4. The van der Waals surface area contributed by atoms with Crippen LogP contribution in [0.1, 0.15) is 30.0 Å². The summed E-state index contributed by atoms with van der Waals surface area (Å²) in [6, 6.07) is 9.43. The van der Waals surface area contributed by atoms with Crippen molar-refractivity contribution in [1.82, 2.24) is 10.3 Å². The van der Waals surface area contributed by atoms with E-state index in [0.29, 0.717) is 11.1 Å². The van der Waals surface area contributed by atoms with Gasteiger partial charge < -0.3 is 11.1 Å². The Morgan fingerprint density at radius 3 is 2.79 bits per heavy atom. The number of nitrogens with one attached hydrogen (secondary N) is 1. The Kier molecular flexibility index (Phi) is 5.57. The fourth-order valence-electron chi connectivity index (χ4n) is 3.09. The largest absolute Gasteiger partial charge is 0.368 e. The maximum atomic E-state index is 12.9. The molecular formula is C19H16ClN5O3. The molecule has 2 aromatic rings. The summed E-state index contributed by atoms with van der Waals surface area (Å²) in [5, 5.41) is 11.9. The molecule has 28 heavy (non-hydrogen) atoms. The summed E-state index contributed by atoms with van der Waals surface area (Å²) in [4.78, 5) is 42.5. The second-order valence-electron chi connectivity index (χ2n) is 6.20. The Balaban J connectivity index is 1.87. The zero-order valence-electron chi connectivity index (χ0n) is 14.6. The van der Waals surface area contributed by atoms with Crippen molar-refractivity contribution >= 4 is 35.1 Å². The van der Waals surface area contributed by atoms with Crippen LogP contribution in [0.15, 0.2) is 42.6 Å². The molecule has 3 N–H and O–H groups in total. The number of nitriles is 1. The van der Waals surface area contributed by atoms with Gasteiger partial charge in [-0.15, -0.1) is 0 Å². The molecule has 1 saturated heterocycles. The third-order valence-corrected chi connectivity index (χ3v) is 4.77. The van der Waals surface area contributed by atoms with Gasteiger partial charge in [0.05, 0.1) is 11.6 Å². The van der Waals surface area contributed by atoms with Crippen LogP contribution >= 0.6 is 11.6 Å². The maximum absolute atomic E-state index is 12.9. The molecule has 3 amide bonds. The van der Waals surface area contributed by atoms with Gasteiger partial charge in [0, 0.05) is 23.2 Å². The Morgan fingerprint density at radius 1 is 1.36 bits per heavy atom. The average Bonchev–Trinajstić information content (AvgIpc) is 3.08. The van der Waals surface area contributed by atoms with Gasteiger partial charge in [-0.05, 0) is 24.6 Å². The molecule has 1 aliphatic heterocycles. The molecule has 0 spiro atoms. The molecular weight excluding hydrogens is 382 g/mol. The van der Waals surface area contributed by atoms with Crippen molar-refractivity contribution in [3.05, 3.63) is 58.7 Å². The first-order valence-electron chi connectivity index (χ1n) is 8.44. The second kappa shape index (κ2) is 8.06. The van der Waals surface area contributed by atoms with Crippen molar-refractivity contribution in [3.8, 4) is 6.07 Å². The quantitative estimate of drug-likeness (QED) is 0.788. The van der Waals surface area contributed by atoms with Crippen molar-refractivity contribution in [2.45, 2.75) is 24.9 Å². The predicted octanol–water partition coefficient (Wildman–Crippen LogP) is 1.44. The van der Waals surface area contributed by atoms with Gasteiger partial charge in [0.1, 0.15) is 17.9 Å². The molecule has 2 atom stereocenters. The van der Waals surface area contributed by atoms with E-state index in [1.165, 1.54) is 23.2 Å². The van der Waals surface area contributed by atoms with E-state index in [9.17, 15) is 14.4 Å². The van der Waals surface area contributed by atoms with Gasteiger partial charge in [0.25, 0.3) is 0 Å². The van der Waals surface area contributed by atoms with Crippen LogP contribution in [0.4, 0.5) is 5.82 Å². The maximum Gasteiger partial charge on any atom is 0.244 e. The molecule has 2 heterocycles. The van der Waals surface area contributed by atoms with Crippen LogP contribution < -0.4 is 16.0 Å². The molecule has 0 radical (unpaired) electrons. The number of carbonyl (C=O) groups excluding carboxylic acids is 3. The number of primary amides is 1. The van der Waals surface area contributed by atoms with Crippen LogP contribution in [0.25, 0.3) is 0 Å². The van der Waals surface area contributed by atoms with Crippen LogP contribution in [0.2, 0.25) is 5.02 Å². The van der Waals surface area contributed by atoms with E-state index in [4.69, 9.17) is 22.6 Å². The number of rotatable bonds is 5. The highest BCUT2D eigenvalue weighted by Crippen LogP contribution is 2.27. The van der Waals surface area contributed by atoms with E-state index < -0.39 is 23.9 Å². The molecule has 1 aromatic heterocycles. The lowest BCUT2D eigenvalue weighted by atomic mass is 10.1. The highest BCUT2D eigenvalue weighted by atomic mass is 35.5. The first-order valence-corrected chi connectivity index (χ1v) is 8.82. The molecule has 142 valence electrons. The van der Waals surface area contributed by atoms with Crippen LogP contribution in [-0.4, -0.2) is 28.7 Å². The smallest absolute Gasteiger partial charge is 0.244 e. The fourth-order valence-corrected chi connectivity index (χ4v) is 3.33. The lowest BCUT2D eigenvalue weighted by Crippen LogP contribution is -2.48. The number of carbonyl (C=O) groups is 3. The monoisotopic (exact) mass is 397 g/mol. The molecule has 8 nitrogen and oxygen atoms in total. The number of anilines is 1. The summed E-state index contributed by atoms with van der Waals surface area (Å²) in [5.41, 5.74) is 6.14. The predicted molar refractivity (Wildman–Crippen MR) is 101 cm³/mol. The van der Waals surface area contributed by atoms with Gasteiger partial charge in [-0.25, -0.2) is 4.98 Å².